The highest BCUT2D eigenvalue weighted by Crippen LogP contribution is 2.22. The maximum Gasteiger partial charge on any atom is 0.338 e. The molecule has 1 heterocycles. The minimum atomic E-state index is -1.33. The standard InChI is InChI=1S/C15H9FN2O3/c16-12-7-10(5-6-11(12)14(19)20)21-15-17-8-9-3-1-2-4-13(9)18-15/h1-8H,(H,19,20). The summed E-state index contributed by atoms with van der Waals surface area (Å²) in [4.78, 5) is 18.9. The van der Waals surface area contributed by atoms with Crippen LogP contribution in [-0.2, 0) is 0 Å². The van der Waals surface area contributed by atoms with Crippen LogP contribution in [-0.4, -0.2) is 21.0 Å². The highest BCUT2D eigenvalue weighted by Gasteiger charge is 2.12. The van der Waals surface area contributed by atoms with E-state index < -0.39 is 17.3 Å². The summed E-state index contributed by atoms with van der Waals surface area (Å²) < 4.78 is 18.9. The molecule has 0 amide bonds. The lowest BCUT2D eigenvalue weighted by molar-refractivity contribution is 0.0692. The van der Waals surface area contributed by atoms with Crippen molar-refractivity contribution in [3.05, 3.63) is 60.0 Å². The van der Waals surface area contributed by atoms with Gasteiger partial charge in [0.05, 0.1) is 11.1 Å². The van der Waals surface area contributed by atoms with Crippen molar-refractivity contribution in [3.63, 3.8) is 0 Å². The molecule has 1 aromatic heterocycles. The van der Waals surface area contributed by atoms with Crippen molar-refractivity contribution in [1.29, 1.82) is 0 Å². The van der Waals surface area contributed by atoms with Gasteiger partial charge in [0.2, 0.25) is 0 Å². The van der Waals surface area contributed by atoms with Crippen molar-refractivity contribution in [2.24, 2.45) is 0 Å². The van der Waals surface area contributed by atoms with Crippen molar-refractivity contribution < 1.29 is 19.0 Å². The molecular weight excluding hydrogens is 275 g/mol. The van der Waals surface area contributed by atoms with Gasteiger partial charge in [0, 0.05) is 17.6 Å². The number of benzene rings is 2. The molecule has 0 aliphatic carbocycles. The number of carboxylic acids is 1. The van der Waals surface area contributed by atoms with Gasteiger partial charge in [-0.15, -0.1) is 0 Å². The number of ether oxygens (including phenoxy) is 1. The van der Waals surface area contributed by atoms with Crippen LogP contribution >= 0.6 is 0 Å². The molecule has 0 bridgehead atoms. The first-order chi connectivity index (χ1) is 10.1. The van der Waals surface area contributed by atoms with Gasteiger partial charge >= 0.3 is 12.0 Å². The van der Waals surface area contributed by atoms with Crippen molar-refractivity contribution >= 4 is 16.9 Å². The molecule has 0 radical (unpaired) electrons. The Morgan fingerprint density at radius 2 is 2.00 bits per heavy atom. The van der Waals surface area contributed by atoms with E-state index in [1.54, 1.807) is 12.3 Å². The molecule has 0 spiro atoms. The molecule has 0 fully saturated rings. The van der Waals surface area contributed by atoms with Crippen LogP contribution in [0.1, 0.15) is 10.4 Å². The number of halogens is 1. The molecule has 5 nitrogen and oxygen atoms in total. The Hall–Kier alpha value is -3.02. The number of aromatic nitrogens is 2. The van der Waals surface area contributed by atoms with Crippen LogP contribution in [0.4, 0.5) is 4.39 Å². The molecule has 0 unspecified atom stereocenters. The van der Waals surface area contributed by atoms with Gasteiger partial charge in [-0.05, 0) is 18.2 Å². The average molecular weight is 284 g/mol. The van der Waals surface area contributed by atoms with E-state index in [1.807, 2.05) is 18.2 Å². The number of rotatable bonds is 3. The minimum absolute atomic E-state index is 0.0659. The summed E-state index contributed by atoms with van der Waals surface area (Å²) >= 11 is 0. The van der Waals surface area contributed by atoms with Crippen molar-refractivity contribution in [1.82, 2.24) is 9.97 Å². The molecule has 2 aromatic carbocycles. The van der Waals surface area contributed by atoms with Crippen molar-refractivity contribution in [2.75, 3.05) is 0 Å². The van der Waals surface area contributed by atoms with E-state index in [-0.39, 0.29) is 11.8 Å². The number of para-hydroxylation sites is 1. The zero-order chi connectivity index (χ0) is 14.8. The smallest absolute Gasteiger partial charge is 0.338 e. The molecule has 6 heteroatoms. The predicted octanol–water partition coefficient (Wildman–Crippen LogP) is 3.26. The lowest BCUT2D eigenvalue weighted by Crippen LogP contribution is -2.00. The number of hydrogen-bond donors (Lipinski definition) is 1. The fourth-order valence-corrected chi connectivity index (χ4v) is 1.84. The van der Waals surface area contributed by atoms with Gasteiger partial charge in [-0.2, -0.15) is 4.98 Å². The van der Waals surface area contributed by atoms with E-state index in [4.69, 9.17) is 9.84 Å². The van der Waals surface area contributed by atoms with E-state index >= 15 is 0 Å². The third kappa shape index (κ3) is 2.64. The first-order valence-electron chi connectivity index (χ1n) is 6.06. The quantitative estimate of drug-likeness (QED) is 0.799. The molecule has 0 aliphatic rings. The summed E-state index contributed by atoms with van der Waals surface area (Å²) in [5.74, 6) is -2.07. The molecule has 1 N–H and O–H groups in total. The summed E-state index contributed by atoms with van der Waals surface area (Å²) in [6.45, 7) is 0. The average Bonchev–Trinajstić information content (AvgIpc) is 2.47. The van der Waals surface area contributed by atoms with Crippen LogP contribution in [0.2, 0.25) is 0 Å². The summed E-state index contributed by atoms with van der Waals surface area (Å²) in [6, 6.07) is 10.9. The Morgan fingerprint density at radius 1 is 1.19 bits per heavy atom. The Labute approximate surface area is 118 Å². The lowest BCUT2D eigenvalue weighted by atomic mass is 10.2. The van der Waals surface area contributed by atoms with Crippen LogP contribution in [0.25, 0.3) is 10.9 Å². The van der Waals surface area contributed by atoms with Crippen LogP contribution in [0.3, 0.4) is 0 Å². The van der Waals surface area contributed by atoms with Crippen LogP contribution in [0.5, 0.6) is 11.8 Å². The van der Waals surface area contributed by atoms with E-state index in [0.29, 0.717) is 5.52 Å². The topological polar surface area (TPSA) is 72.3 Å². The maximum atomic E-state index is 13.6. The van der Waals surface area contributed by atoms with E-state index in [0.717, 1.165) is 17.5 Å². The minimum Gasteiger partial charge on any atom is -0.478 e. The highest BCUT2D eigenvalue weighted by atomic mass is 19.1. The molecule has 0 aliphatic heterocycles. The maximum absolute atomic E-state index is 13.6. The Bertz CT molecular complexity index is 836. The summed E-state index contributed by atoms with van der Waals surface area (Å²) in [7, 11) is 0. The Kier molecular flexibility index (Phi) is 3.19. The number of carbonyl (C=O) groups is 1. The first-order valence-corrected chi connectivity index (χ1v) is 6.06. The fourth-order valence-electron chi connectivity index (χ4n) is 1.84. The van der Waals surface area contributed by atoms with Gasteiger partial charge in [0.15, 0.2) is 0 Å². The Morgan fingerprint density at radius 3 is 2.76 bits per heavy atom. The SMILES string of the molecule is O=C(O)c1ccc(Oc2ncc3ccccc3n2)cc1F. The van der Waals surface area contributed by atoms with Crippen molar-refractivity contribution in [2.45, 2.75) is 0 Å². The van der Waals surface area contributed by atoms with Crippen LogP contribution in [0.15, 0.2) is 48.7 Å². The van der Waals surface area contributed by atoms with E-state index in [9.17, 15) is 9.18 Å². The molecule has 104 valence electrons. The second-order valence-corrected chi connectivity index (χ2v) is 4.26. The van der Waals surface area contributed by atoms with E-state index in [1.165, 1.54) is 6.07 Å². The van der Waals surface area contributed by atoms with Gasteiger partial charge in [-0.1, -0.05) is 18.2 Å². The molecule has 0 atom stereocenters. The molecule has 3 aromatic rings. The Balaban J connectivity index is 1.91. The zero-order valence-corrected chi connectivity index (χ0v) is 10.7. The monoisotopic (exact) mass is 284 g/mol. The number of aromatic carboxylic acids is 1. The van der Waals surface area contributed by atoms with E-state index in [2.05, 4.69) is 9.97 Å². The van der Waals surface area contributed by atoms with Gasteiger partial charge in [0.25, 0.3) is 0 Å². The molecule has 21 heavy (non-hydrogen) atoms. The second-order valence-electron chi connectivity index (χ2n) is 4.26. The lowest BCUT2D eigenvalue weighted by Gasteiger charge is -2.05. The molecular formula is C15H9FN2O3. The number of hydrogen-bond acceptors (Lipinski definition) is 4. The summed E-state index contributed by atoms with van der Waals surface area (Å²) in [6.07, 6.45) is 1.60. The molecule has 0 saturated heterocycles. The fraction of sp³-hybridized carbons (Fsp3) is 0. The number of nitrogens with zero attached hydrogens (tertiary/aromatic N) is 2. The second kappa shape index (κ2) is 5.16. The third-order valence-electron chi connectivity index (χ3n) is 2.85. The zero-order valence-electron chi connectivity index (χ0n) is 10.7. The van der Waals surface area contributed by atoms with Crippen molar-refractivity contribution in [3.8, 4) is 11.8 Å². The van der Waals surface area contributed by atoms with Crippen LogP contribution < -0.4 is 4.74 Å². The van der Waals surface area contributed by atoms with Crippen LogP contribution in [0, 0.1) is 5.82 Å². The van der Waals surface area contributed by atoms with Gasteiger partial charge in [-0.25, -0.2) is 14.2 Å². The summed E-state index contributed by atoms with van der Waals surface area (Å²) in [5, 5.41) is 9.62. The largest absolute Gasteiger partial charge is 0.478 e. The third-order valence-corrected chi connectivity index (χ3v) is 2.85. The first kappa shape index (κ1) is 13.0. The summed E-state index contributed by atoms with van der Waals surface area (Å²) in [5.41, 5.74) is 0.284. The van der Waals surface area contributed by atoms with Gasteiger partial charge in [-0.3, -0.25) is 0 Å². The van der Waals surface area contributed by atoms with Gasteiger partial charge < -0.3 is 9.84 Å². The predicted molar refractivity (Wildman–Crippen MR) is 73.0 cm³/mol. The normalized spacial score (nSPS) is 10.5. The molecule has 0 saturated carbocycles. The number of fused-ring (bicyclic) bond motifs is 1. The van der Waals surface area contributed by atoms with Gasteiger partial charge in [0.1, 0.15) is 11.6 Å². The number of carboxylic acid groups (broad SMARTS) is 1. The highest BCUT2D eigenvalue weighted by molar-refractivity contribution is 5.88. The molecule has 3 rings (SSSR count).